The molecule has 0 aliphatic heterocycles. The lowest BCUT2D eigenvalue weighted by atomic mass is 10.2. The van der Waals surface area contributed by atoms with Gasteiger partial charge >= 0.3 is 0 Å². The first-order valence-electron chi connectivity index (χ1n) is 5.56. The van der Waals surface area contributed by atoms with Gasteiger partial charge in [0.15, 0.2) is 0 Å². The zero-order valence-electron chi connectivity index (χ0n) is 9.97. The average Bonchev–Trinajstić information content (AvgIpc) is 2.97. The fourth-order valence-corrected chi connectivity index (χ4v) is 2.55. The first-order chi connectivity index (χ1) is 7.58. The molecule has 1 aromatic heterocycles. The van der Waals surface area contributed by atoms with Crippen LogP contribution in [0.2, 0.25) is 0 Å². The van der Waals surface area contributed by atoms with Gasteiger partial charge in [-0.05, 0) is 32.6 Å². The Bertz CT molecular complexity index is 390. The van der Waals surface area contributed by atoms with Crippen molar-refractivity contribution in [2.24, 2.45) is 11.7 Å². The van der Waals surface area contributed by atoms with Gasteiger partial charge in [0.1, 0.15) is 5.01 Å². The van der Waals surface area contributed by atoms with Gasteiger partial charge in [-0.15, -0.1) is 23.7 Å². The first-order valence-corrected chi connectivity index (χ1v) is 6.44. The standard InChI is InChI=1S/C11H17N3OS.ClH/c1-6-5-16-11(13-6)9(8-3-4-8)14-10(15)7(2)12;/h5,7-9H,3-4,12H2,1-2H3,(H,14,15);1H. The van der Waals surface area contributed by atoms with Crippen LogP contribution in [0, 0.1) is 12.8 Å². The van der Waals surface area contributed by atoms with Crippen LogP contribution in [-0.2, 0) is 4.79 Å². The third-order valence-corrected chi connectivity index (χ3v) is 3.75. The largest absolute Gasteiger partial charge is 0.345 e. The lowest BCUT2D eigenvalue weighted by molar-refractivity contribution is -0.122. The normalized spacial score (nSPS) is 18.1. The number of nitrogens with one attached hydrogen (secondary N) is 1. The number of carbonyl (C=O) groups excluding carboxylic acids is 1. The Morgan fingerprint density at radius 2 is 2.29 bits per heavy atom. The number of hydrogen-bond donors (Lipinski definition) is 2. The molecular weight excluding hydrogens is 258 g/mol. The number of carbonyl (C=O) groups is 1. The molecule has 1 aromatic rings. The van der Waals surface area contributed by atoms with E-state index in [9.17, 15) is 4.79 Å². The topological polar surface area (TPSA) is 68.0 Å². The maximum atomic E-state index is 11.6. The van der Waals surface area contributed by atoms with Crippen LogP contribution in [0.4, 0.5) is 0 Å². The molecule has 17 heavy (non-hydrogen) atoms. The van der Waals surface area contributed by atoms with Crippen LogP contribution >= 0.6 is 23.7 Å². The van der Waals surface area contributed by atoms with Gasteiger partial charge in [0.2, 0.25) is 5.91 Å². The van der Waals surface area contributed by atoms with Gasteiger partial charge < -0.3 is 11.1 Å². The maximum Gasteiger partial charge on any atom is 0.237 e. The van der Waals surface area contributed by atoms with Gasteiger partial charge in [-0.3, -0.25) is 4.79 Å². The molecule has 0 bridgehead atoms. The van der Waals surface area contributed by atoms with E-state index in [1.807, 2.05) is 12.3 Å². The SMILES string of the molecule is Cc1csc(C(NC(=O)C(C)N)C2CC2)n1.Cl. The molecule has 0 saturated heterocycles. The minimum absolute atomic E-state index is 0. The van der Waals surface area contributed by atoms with Crippen molar-refractivity contribution in [1.82, 2.24) is 10.3 Å². The van der Waals surface area contributed by atoms with Crippen LogP contribution in [0.25, 0.3) is 0 Å². The molecule has 0 aromatic carbocycles. The summed E-state index contributed by atoms with van der Waals surface area (Å²) < 4.78 is 0. The second kappa shape index (κ2) is 5.80. The lowest BCUT2D eigenvalue weighted by Crippen LogP contribution is -2.40. The van der Waals surface area contributed by atoms with E-state index in [1.54, 1.807) is 18.3 Å². The Kier molecular flexibility index (Phi) is 4.91. The summed E-state index contributed by atoms with van der Waals surface area (Å²) in [5.74, 6) is 0.456. The number of nitrogens with two attached hydrogens (primary N) is 1. The second-order valence-corrected chi connectivity index (χ2v) is 5.33. The highest BCUT2D eigenvalue weighted by Gasteiger charge is 2.35. The summed E-state index contributed by atoms with van der Waals surface area (Å²) in [5, 5.41) is 6.02. The Morgan fingerprint density at radius 1 is 1.65 bits per heavy atom. The summed E-state index contributed by atoms with van der Waals surface area (Å²) in [4.78, 5) is 16.1. The number of rotatable bonds is 4. The van der Waals surface area contributed by atoms with Gasteiger partial charge in [0.25, 0.3) is 0 Å². The molecule has 96 valence electrons. The zero-order chi connectivity index (χ0) is 11.7. The van der Waals surface area contributed by atoms with Crippen molar-refractivity contribution < 1.29 is 4.79 Å². The van der Waals surface area contributed by atoms with Gasteiger partial charge in [-0.2, -0.15) is 0 Å². The Labute approximate surface area is 111 Å². The number of aromatic nitrogens is 1. The number of hydrogen-bond acceptors (Lipinski definition) is 4. The van der Waals surface area contributed by atoms with Gasteiger partial charge in [0.05, 0.1) is 12.1 Å². The molecule has 3 N–H and O–H groups in total. The van der Waals surface area contributed by atoms with Crippen LogP contribution < -0.4 is 11.1 Å². The van der Waals surface area contributed by atoms with Crippen molar-refractivity contribution in [3.63, 3.8) is 0 Å². The Hall–Kier alpha value is -0.650. The Balaban J connectivity index is 0.00000144. The van der Waals surface area contributed by atoms with E-state index < -0.39 is 6.04 Å². The fraction of sp³-hybridized carbons (Fsp3) is 0.636. The average molecular weight is 276 g/mol. The molecule has 1 heterocycles. The van der Waals surface area contributed by atoms with Crippen LogP contribution in [-0.4, -0.2) is 16.9 Å². The molecule has 6 heteroatoms. The van der Waals surface area contributed by atoms with Crippen LogP contribution in [0.1, 0.15) is 36.5 Å². The quantitative estimate of drug-likeness (QED) is 0.880. The summed E-state index contributed by atoms with van der Waals surface area (Å²) in [6.07, 6.45) is 2.34. The fourth-order valence-electron chi connectivity index (χ4n) is 1.61. The molecule has 1 saturated carbocycles. The number of halogens is 1. The summed E-state index contributed by atoms with van der Waals surface area (Å²) >= 11 is 1.61. The van der Waals surface area contributed by atoms with E-state index in [0.717, 1.165) is 10.7 Å². The number of amides is 1. The van der Waals surface area contributed by atoms with Gasteiger partial charge in [-0.25, -0.2) is 4.98 Å². The monoisotopic (exact) mass is 275 g/mol. The molecule has 0 spiro atoms. The minimum atomic E-state index is -0.456. The van der Waals surface area contributed by atoms with E-state index in [1.165, 1.54) is 12.8 Å². The van der Waals surface area contributed by atoms with Crippen molar-refractivity contribution in [3.05, 3.63) is 16.1 Å². The van der Waals surface area contributed by atoms with Gasteiger partial charge in [-0.1, -0.05) is 0 Å². The first kappa shape index (κ1) is 14.4. The molecule has 2 unspecified atom stereocenters. The van der Waals surface area contributed by atoms with E-state index in [0.29, 0.717) is 5.92 Å². The van der Waals surface area contributed by atoms with Crippen molar-refractivity contribution in [2.75, 3.05) is 0 Å². The lowest BCUT2D eigenvalue weighted by Gasteiger charge is -2.17. The summed E-state index contributed by atoms with van der Waals surface area (Å²) in [6.45, 7) is 3.67. The van der Waals surface area contributed by atoms with E-state index in [-0.39, 0.29) is 24.4 Å². The van der Waals surface area contributed by atoms with Crippen molar-refractivity contribution in [3.8, 4) is 0 Å². The molecule has 1 aliphatic rings. The van der Waals surface area contributed by atoms with Crippen LogP contribution in [0.5, 0.6) is 0 Å². The summed E-state index contributed by atoms with van der Waals surface area (Å²) in [5.41, 5.74) is 6.57. The molecule has 2 atom stereocenters. The predicted molar refractivity (Wildman–Crippen MR) is 71.4 cm³/mol. The molecule has 4 nitrogen and oxygen atoms in total. The van der Waals surface area contributed by atoms with Crippen molar-refractivity contribution in [2.45, 2.75) is 38.8 Å². The van der Waals surface area contributed by atoms with E-state index >= 15 is 0 Å². The van der Waals surface area contributed by atoms with Crippen molar-refractivity contribution >= 4 is 29.7 Å². The Morgan fingerprint density at radius 3 is 2.71 bits per heavy atom. The van der Waals surface area contributed by atoms with E-state index in [4.69, 9.17) is 5.73 Å². The highest BCUT2D eigenvalue weighted by molar-refractivity contribution is 7.09. The highest BCUT2D eigenvalue weighted by Crippen LogP contribution is 2.41. The summed E-state index contributed by atoms with van der Waals surface area (Å²) in [6, 6.07) is -0.389. The van der Waals surface area contributed by atoms with Crippen LogP contribution in [0.3, 0.4) is 0 Å². The summed E-state index contributed by atoms with van der Waals surface area (Å²) in [7, 11) is 0. The zero-order valence-corrected chi connectivity index (χ0v) is 11.6. The third-order valence-electron chi connectivity index (χ3n) is 2.71. The maximum absolute atomic E-state index is 11.6. The minimum Gasteiger partial charge on any atom is -0.345 e. The number of thiazole rings is 1. The number of aryl methyl sites for hydroxylation is 1. The van der Waals surface area contributed by atoms with Gasteiger partial charge in [0, 0.05) is 11.1 Å². The highest BCUT2D eigenvalue weighted by atomic mass is 35.5. The predicted octanol–water partition coefficient (Wildman–Crippen LogP) is 1.79. The molecule has 1 fully saturated rings. The third kappa shape index (κ3) is 3.66. The molecule has 2 rings (SSSR count). The molecular formula is C11H18ClN3OS. The van der Waals surface area contributed by atoms with Crippen molar-refractivity contribution in [1.29, 1.82) is 0 Å². The molecule has 0 radical (unpaired) electrons. The van der Waals surface area contributed by atoms with Crippen LogP contribution in [0.15, 0.2) is 5.38 Å². The smallest absolute Gasteiger partial charge is 0.237 e. The van der Waals surface area contributed by atoms with E-state index in [2.05, 4.69) is 10.3 Å². The second-order valence-electron chi connectivity index (χ2n) is 4.44. The molecule has 1 aliphatic carbocycles. The molecule has 1 amide bonds. The number of nitrogens with zero attached hydrogens (tertiary/aromatic N) is 1.